The number of carbonyl (C=O) groups excluding carboxylic acids is 3. The third-order valence-corrected chi connectivity index (χ3v) is 3.21. The van der Waals surface area contributed by atoms with E-state index in [9.17, 15) is 14.4 Å². The summed E-state index contributed by atoms with van der Waals surface area (Å²) >= 11 is 0. The number of hydrogen-bond donors (Lipinski definition) is 2. The third-order valence-electron chi connectivity index (χ3n) is 3.21. The Balaban J connectivity index is 1.93. The van der Waals surface area contributed by atoms with E-state index in [1.54, 1.807) is 31.2 Å². The van der Waals surface area contributed by atoms with Crippen LogP contribution in [-0.2, 0) is 14.3 Å². The van der Waals surface area contributed by atoms with Crippen molar-refractivity contribution in [1.29, 1.82) is 0 Å². The van der Waals surface area contributed by atoms with E-state index in [0.29, 0.717) is 22.7 Å². The molecule has 0 aliphatic carbocycles. The summed E-state index contributed by atoms with van der Waals surface area (Å²) in [7, 11) is 1.54. The van der Waals surface area contributed by atoms with Gasteiger partial charge < -0.3 is 20.1 Å². The predicted molar refractivity (Wildman–Crippen MR) is 92.7 cm³/mol. The van der Waals surface area contributed by atoms with Gasteiger partial charge in [0.2, 0.25) is 0 Å². The van der Waals surface area contributed by atoms with Gasteiger partial charge in [0.1, 0.15) is 5.75 Å². The lowest BCUT2D eigenvalue weighted by atomic mass is 10.2. The first kappa shape index (κ1) is 18.0. The summed E-state index contributed by atoms with van der Waals surface area (Å²) in [5.74, 6) is -1.43. The van der Waals surface area contributed by atoms with Gasteiger partial charge in [0.25, 0.3) is 0 Å². The molecule has 0 aromatic heterocycles. The predicted octanol–water partition coefficient (Wildman–Crippen LogP) is 2.45. The zero-order valence-electron chi connectivity index (χ0n) is 13.9. The zero-order chi connectivity index (χ0) is 18.2. The van der Waals surface area contributed by atoms with E-state index in [1.807, 2.05) is 0 Å². The highest BCUT2D eigenvalue weighted by atomic mass is 16.5. The van der Waals surface area contributed by atoms with Gasteiger partial charge in [-0.2, -0.15) is 0 Å². The molecule has 0 fully saturated rings. The Labute approximate surface area is 144 Å². The molecule has 2 aromatic rings. The molecular formula is C18H18N2O5. The van der Waals surface area contributed by atoms with Crippen molar-refractivity contribution in [3.63, 3.8) is 0 Å². The molecule has 0 bridgehead atoms. The SMILES string of the molecule is CCOC(=O)c1ccc(NC(=O)C(=O)Nc2ccc(OC)cc2)cc1. The fourth-order valence-electron chi connectivity index (χ4n) is 1.95. The number of ether oxygens (including phenoxy) is 2. The molecule has 0 saturated carbocycles. The highest BCUT2D eigenvalue weighted by Gasteiger charge is 2.14. The maximum atomic E-state index is 11.9. The van der Waals surface area contributed by atoms with Crippen LogP contribution in [0.3, 0.4) is 0 Å². The third kappa shape index (κ3) is 5.07. The van der Waals surface area contributed by atoms with Crippen LogP contribution in [0.5, 0.6) is 5.75 Å². The van der Waals surface area contributed by atoms with Crippen LogP contribution < -0.4 is 15.4 Å². The van der Waals surface area contributed by atoms with E-state index in [4.69, 9.17) is 9.47 Å². The van der Waals surface area contributed by atoms with Crippen LogP contribution in [0, 0.1) is 0 Å². The fourth-order valence-corrected chi connectivity index (χ4v) is 1.95. The van der Waals surface area contributed by atoms with E-state index >= 15 is 0 Å². The first-order valence-electron chi connectivity index (χ1n) is 7.57. The van der Waals surface area contributed by atoms with Crippen molar-refractivity contribution in [2.45, 2.75) is 6.92 Å². The monoisotopic (exact) mass is 342 g/mol. The second kappa shape index (κ2) is 8.49. The second-order valence-electron chi connectivity index (χ2n) is 4.93. The first-order valence-corrected chi connectivity index (χ1v) is 7.57. The van der Waals surface area contributed by atoms with Gasteiger partial charge in [0, 0.05) is 11.4 Å². The number of benzene rings is 2. The Morgan fingerprint density at radius 1 is 0.840 bits per heavy atom. The van der Waals surface area contributed by atoms with E-state index < -0.39 is 17.8 Å². The smallest absolute Gasteiger partial charge is 0.338 e. The van der Waals surface area contributed by atoms with E-state index in [1.165, 1.54) is 31.4 Å². The van der Waals surface area contributed by atoms with Crippen molar-refractivity contribution >= 4 is 29.2 Å². The van der Waals surface area contributed by atoms with Crippen molar-refractivity contribution in [3.05, 3.63) is 54.1 Å². The average molecular weight is 342 g/mol. The van der Waals surface area contributed by atoms with Crippen LogP contribution in [0.2, 0.25) is 0 Å². The number of rotatable bonds is 5. The van der Waals surface area contributed by atoms with Gasteiger partial charge in [-0.15, -0.1) is 0 Å². The van der Waals surface area contributed by atoms with Crippen LogP contribution in [0.1, 0.15) is 17.3 Å². The molecule has 2 N–H and O–H groups in total. The van der Waals surface area contributed by atoms with Gasteiger partial charge in [-0.05, 0) is 55.5 Å². The molecule has 25 heavy (non-hydrogen) atoms. The molecule has 2 rings (SSSR count). The van der Waals surface area contributed by atoms with Gasteiger partial charge in [0.05, 0.1) is 19.3 Å². The summed E-state index contributed by atoms with van der Waals surface area (Å²) in [6, 6.07) is 12.6. The first-order chi connectivity index (χ1) is 12.0. The molecule has 0 spiro atoms. The average Bonchev–Trinajstić information content (AvgIpc) is 2.63. The standard InChI is InChI=1S/C18H18N2O5/c1-3-25-18(23)12-4-6-13(7-5-12)19-16(21)17(22)20-14-8-10-15(24-2)11-9-14/h4-11H,3H2,1-2H3,(H,19,21)(H,20,22). The number of amides is 2. The molecule has 0 aliphatic rings. The van der Waals surface area contributed by atoms with Crippen molar-refractivity contribution < 1.29 is 23.9 Å². The van der Waals surface area contributed by atoms with Gasteiger partial charge in [-0.25, -0.2) is 4.79 Å². The zero-order valence-corrected chi connectivity index (χ0v) is 13.9. The highest BCUT2D eigenvalue weighted by molar-refractivity contribution is 6.43. The van der Waals surface area contributed by atoms with E-state index in [-0.39, 0.29) is 6.61 Å². The Morgan fingerprint density at radius 3 is 1.76 bits per heavy atom. The summed E-state index contributed by atoms with van der Waals surface area (Å²) in [5.41, 5.74) is 1.23. The Kier molecular flexibility index (Phi) is 6.11. The largest absolute Gasteiger partial charge is 0.497 e. The summed E-state index contributed by atoms with van der Waals surface area (Å²) in [4.78, 5) is 35.4. The van der Waals surface area contributed by atoms with Crippen LogP contribution in [-0.4, -0.2) is 31.5 Å². The van der Waals surface area contributed by atoms with Gasteiger partial charge >= 0.3 is 17.8 Å². The van der Waals surface area contributed by atoms with Crippen LogP contribution in [0.4, 0.5) is 11.4 Å². The minimum absolute atomic E-state index is 0.281. The molecule has 0 atom stereocenters. The lowest BCUT2D eigenvalue weighted by Gasteiger charge is -2.08. The number of nitrogens with one attached hydrogen (secondary N) is 2. The lowest BCUT2D eigenvalue weighted by molar-refractivity contribution is -0.132. The Morgan fingerprint density at radius 2 is 1.32 bits per heavy atom. The maximum absolute atomic E-state index is 11.9. The Bertz CT molecular complexity index is 754. The van der Waals surface area contributed by atoms with Crippen LogP contribution in [0.15, 0.2) is 48.5 Å². The Hall–Kier alpha value is -3.35. The molecule has 130 valence electrons. The molecule has 0 heterocycles. The number of methoxy groups -OCH3 is 1. The molecule has 2 aromatic carbocycles. The second-order valence-corrected chi connectivity index (χ2v) is 4.93. The van der Waals surface area contributed by atoms with Crippen LogP contribution in [0.25, 0.3) is 0 Å². The molecular weight excluding hydrogens is 324 g/mol. The number of anilines is 2. The minimum atomic E-state index is -0.820. The normalized spacial score (nSPS) is 9.84. The summed E-state index contributed by atoms with van der Waals surface area (Å²) in [5, 5.41) is 4.93. The summed E-state index contributed by atoms with van der Waals surface area (Å²) < 4.78 is 9.89. The number of hydrogen-bond acceptors (Lipinski definition) is 5. The molecule has 0 radical (unpaired) electrons. The van der Waals surface area contributed by atoms with E-state index in [0.717, 1.165) is 0 Å². The van der Waals surface area contributed by atoms with Gasteiger partial charge in [-0.3, -0.25) is 9.59 Å². The van der Waals surface area contributed by atoms with Crippen LogP contribution >= 0.6 is 0 Å². The molecule has 0 saturated heterocycles. The van der Waals surface area contributed by atoms with Crippen molar-refractivity contribution in [2.75, 3.05) is 24.4 Å². The van der Waals surface area contributed by atoms with Crippen molar-refractivity contribution in [3.8, 4) is 5.75 Å². The van der Waals surface area contributed by atoms with Crippen molar-refractivity contribution in [1.82, 2.24) is 0 Å². The highest BCUT2D eigenvalue weighted by Crippen LogP contribution is 2.15. The minimum Gasteiger partial charge on any atom is -0.497 e. The summed E-state index contributed by atoms with van der Waals surface area (Å²) in [6.07, 6.45) is 0. The molecule has 7 heteroatoms. The van der Waals surface area contributed by atoms with Crippen molar-refractivity contribution in [2.24, 2.45) is 0 Å². The number of esters is 1. The molecule has 0 aliphatic heterocycles. The topological polar surface area (TPSA) is 93.7 Å². The quantitative estimate of drug-likeness (QED) is 0.643. The number of carbonyl (C=O) groups is 3. The fraction of sp³-hybridized carbons (Fsp3) is 0.167. The molecule has 7 nitrogen and oxygen atoms in total. The van der Waals surface area contributed by atoms with Gasteiger partial charge in [-0.1, -0.05) is 0 Å². The van der Waals surface area contributed by atoms with E-state index in [2.05, 4.69) is 10.6 Å². The molecule has 0 unspecified atom stereocenters. The maximum Gasteiger partial charge on any atom is 0.338 e. The molecule has 2 amide bonds. The van der Waals surface area contributed by atoms with Gasteiger partial charge in [0.15, 0.2) is 0 Å². The lowest BCUT2D eigenvalue weighted by Crippen LogP contribution is -2.29. The summed E-state index contributed by atoms with van der Waals surface area (Å²) in [6.45, 7) is 2.00.